The van der Waals surface area contributed by atoms with Gasteiger partial charge < -0.3 is 14.2 Å². The van der Waals surface area contributed by atoms with E-state index in [4.69, 9.17) is 14.2 Å². The van der Waals surface area contributed by atoms with Gasteiger partial charge in [0.2, 0.25) is 0 Å². The van der Waals surface area contributed by atoms with E-state index in [0.29, 0.717) is 23.5 Å². The highest BCUT2D eigenvalue weighted by Gasteiger charge is 2.10. The molecule has 23 heavy (non-hydrogen) atoms. The summed E-state index contributed by atoms with van der Waals surface area (Å²) in [6.45, 7) is 0.100. The van der Waals surface area contributed by atoms with Crippen LogP contribution in [-0.4, -0.2) is 20.2 Å². The lowest BCUT2D eigenvalue weighted by molar-refractivity contribution is -0.144. The second kappa shape index (κ2) is 8.17. The maximum atomic E-state index is 13.5. The second-order valence-corrected chi connectivity index (χ2v) is 4.93. The van der Waals surface area contributed by atoms with Gasteiger partial charge in [-0.05, 0) is 30.2 Å². The van der Waals surface area contributed by atoms with Crippen LogP contribution in [0, 0.1) is 5.82 Å². The van der Waals surface area contributed by atoms with Gasteiger partial charge in [0.1, 0.15) is 23.9 Å². The quantitative estimate of drug-likeness (QED) is 0.733. The Hall–Kier alpha value is -2.56. The monoisotopic (exact) mass is 318 g/mol. The number of benzene rings is 2. The van der Waals surface area contributed by atoms with Crippen molar-refractivity contribution >= 4 is 5.97 Å². The fraction of sp³-hybridized carbons (Fsp3) is 0.278. The van der Waals surface area contributed by atoms with Crippen LogP contribution in [-0.2, 0) is 22.6 Å². The normalized spacial score (nSPS) is 10.2. The molecule has 0 fully saturated rings. The van der Waals surface area contributed by atoms with Gasteiger partial charge in [0.05, 0.1) is 14.2 Å². The molecule has 0 heterocycles. The molecule has 0 bridgehead atoms. The summed E-state index contributed by atoms with van der Waals surface area (Å²) in [4.78, 5) is 11.8. The van der Waals surface area contributed by atoms with Gasteiger partial charge in [0.15, 0.2) is 0 Å². The summed E-state index contributed by atoms with van der Waals surface area (Å²) in [5.41, 5.74) is 1.25. The van der Waals surface area contributed by atoms with E-state index in [-0.39, 0.29) is 24.8 Å². The summed E-state index contributed by atoms with van der Waals surface area (Å²) < 4.78 is 29.1. The van der Waals surface area contributed by atoms with Gasteiger partial charge in [-0.3, -0.25) is 4.79 Å². The average molecular weight is 318 g/mol. The molecule has 0 radical (unpaired) electrons. The van der Waals surface area contributed by atoms with E-state index in [1.54, 1.807) is 43.5 Å². The molecule has 0 unspecified atom stereocenters. The van der Waals surface area contributed by atoms with Crippen LogP contribution in [0.4, 0.5) is 4.39 Å². The van der Waals surface area contributed by atoms with E-state index in [9.17, 15) is 9.18 Å². The summed E-state index contributed by atoms with van der Waals surface area (Å²) in [7, 11) is 3.11. The number of rotatable bonds is 7. The molecular formula is C18H19FO4. The Labute approximate surface area is 134 Å². The summed E-state index contributed by atoms with van der Waals surface area (Å²) in [5, 5.41) is 0. The maximum Gasteiger partial charge on any atom is 0.306 e. The molecule has 0 aliphatic rings. The average Bonchev–Trinajstić information content (AvgIpc) is 2.59. The zero-order valence-corrected chi connectivity index (χ0v) is 13.2. The van der Waals surface area contributed by atoms with Crippen molar-refractivity contribution in [2.24, 2.45) is 0 Å². The minimum atomic E-state index is -0.383. The van der Waals surface area contributed by atoms with E-state index in [1.165, 1.54) is 13.2 Å². The van der Waals surface area contributed by atoms with Gasteiger partial charge in [-0.1, -0.05) is 18.2 Å². The Bertz CT molecular complexity index is 670. The van der Waals surface area contributed by atoms with E-state index in [2.05, 4.69) is 0 Å². The number of halogens is 1. The zero-order valence-electron chi connectivity index (χ0n) is 13.2. The van der Waals surface area contributed by atoms with Gasteiger partial charge in [0, 0.05) is 18.1 Å². The summed E-state index contributed by atoms with van der Waals surface area (Å²) >= 11 is 0. The van der Waals surface area contributed by atoms with Gasteiger partial charge in [-0.15, -0.1) is 0 Å². The molecule has 0 saturated heterocycles. The van der Waals surface area contributed by atoms with E-state index in [1.807, 2.05) is 0 Å². The highest BCUT2D eigenvalue weighted by molar-refractivity contribution is 5.69. The van der Waals surface area contributed by atoms with Crippen molar-refractivity contribution in [1.82, 2.24) is 0 Å². The van der Waals surface area contributed by atoms with E-state index in [0.717, 1.165) is 5.56 Å². The lowest BCUT2D eigenvalue weighted by Gasteiger charge is -2.11. The van der Waals surface area contributed by atoms with Gasteiger partial charge >= 0.3 is 5.97 Å². The number of methoxy groups -OCH3 is 2. The maximum absolute atomic E-state index is 13.5. The molecule has 0 amide bonds. The number of esters is 1. The molecule has 0 saturated carbocycles. The highest BCUT2D eigenvalue weighted by Crippen LogP contribution is 2.25. The summed E-state index contributed by atoms with van der Waals surface area (Å²) in [5.74, 6) is 0.561. The van der Waals surface area contributed by atoms with E-state index >= 15 is 0 Å². The Morgan fingerprint density at radius 2 is 1.83 bits per heavy atom. The third-order valence-electron chi connectivity index (χ3n) is 3.44. The Kier molecular flexibility index (Phi) is 5.97. The first-order valence-electron chi connectivity index (χ1n) is 7.24. The SMILES string of the molecule is COc1ccc(COC(=O)CCc2ccccc2F)c(OC)c1. The smallest absolute Gasteiger partial charge is 0.306 e. The number of hydrogen-bond donors (Lipinski definition) is 0. The van der Waals surface area contributed by atoms with Gasteiger partial charge in [-0.2, -0.15) is 0 Å². The molecule has 0 aliphatic carbocycles. The summed E-state index contributed by atoms with van der Waals surface area (Å²) in [6.07, 6.45) is 0.435. The first-order chi connectivity index (χ1) is 11.1. The highest BCUT2D eigenvalue weighted by atomic mass is 19.1. The third-order valence-corrected chi connectivity index (χ3v) is 3.44. The largest absolute Gasteiger partial charge is 0.497 e. The number of carbonyl (C=O) groups is 1. The molecule has 4 nitrogen and oxygen atoms in total. The molecule has 0 aromatic heterocycles. The molecule has 0 N–H and O–H groups in total. The lowest BCUT2D eigenvalue weighted by atomic mass is 10.1. The van der Waals surface area contributed by atoms with Crippen LogP contribution in [0.2, 0.25) is 0 Å². The molecule has 0 atom stereocenters. The van der Waals surface area contributed by atoms with Crippen molar-refractivity contribution in [2.75, 3.05) is 14.2 Å². The fourth-order valence-corrected chi connectivity index (χ4v) is 2.14. The van der Waals surface area contributed by atoms with Crippen LogP contribution in [0.3, 0.4) is 0 Å². The van der Waals surface area contributed by atoms with Crippen LogP contribution < -0.4 is 9.47 Å². The molecule has 0 aliphatic heterocycles. The topological polar surface area (TPSA) is 44.8 Å². The minimum Gasteiger partial charge on any atom is -0.497 e. The molecule has 122 valence electrons. The van der Waals surface area contributed by atoms with Crippen LogP contribution >= 0.6 is 0 Å². The first kappa shape index (κ1) is 16.8. The van der Waals surface area contributed by atoms with Crippen LogP contribution in [0.1, 0.15) is 17.5 Å². The molecular weight excluding hydrogens is 299 g/mol. The van der Waals surface area contributed by atoms with Crippen LogP contribution in [0.25, 0.3) is 0 Å². The number of carbonyl (C=O) groups excluding carboxylic acids is 1. The molecule has 2 aromatic carbocycles. The number of ether oxygens (including phenoxy) is 3. The predicted molar refractivity (Wildman–Crippen MR) is 84.1 cm³/mol. The fourth-order valence-electron chi connectivity index (χ4n) is 2.14. The first-order valence-corrected chi connectivity index (χ1v) is 7.24. The van der Waals surface area contributed by atoms with Gasteiger partial charge in [0.25, 0.3) is 0 Å². The lowest BCUT2D eigenvalue weighted by Crippen LogP contribution is -2.07. The Balaban J connectivity index is 1.88. The number of hydrogen-bond acceptors (Lipinski definition) is 4. The Morgan fingerprint density at radius 1 is 1.04 bits per heavy atom. The standard InChI is InChI=1S/C18H19FO4/c1-21-15-9-7-14(17(11-15)22-2)12-23-18(20)10-8-13-5-3-4-6-16(13)19/h3-7,9,11H,8,10,12H2,1-2H3. The molecule has 2 aromatic rings. The third kappa shape index (κ3) is 4.71. The molecule has 2 rings (SSSR count). The zero-order chi connectivity index (χ0) is 16.7. The molecule has 0 spiro atoms. The van der Waals surface area contributed by atoms with Crippen molar-refractivity contribution in [3.63, 3.8) is 0 Å². The van der Waals surface area contributed by atoms with Crippen molar-refractivity contribution in [2.45, 2.75) is 19.4 Å². The van der Waals surface area contributed by atoms with Crippen molar-refractivity contribution in [3.05, 3.63) is 59.4 Å². The number of aryl methyl sites for hydroxylation is 1. The van der Waals surface area contributed by atoms with Crippen molar-refractivity contribution in [1.29, 1.82) is 0 Å². The molecule has 5 heteroatoms. The van der Waals surface area contributed by atoms with Crippen LogP contribution in [0.15, 0.2) is 42.5 Å². The second-order valence-electron chi connectivity index (χ2n) is 4.93. The summed E-state index contributed by atoms with van der Waals surface area (Å²) in [6, 6.07) is 11.7. The minimum absolute atomic E-state index is 0.100. The van der Waals surface area contributed by atoms with Crippen molar-refractivity contribution in [3.8, 4) is 11.5 Å². The predicted octanol–water partition coefficient (Wildman–Crippen LogP) is 3.52. The van der Waals surface area contributed by atoms with Gasteiger partial charge in [-0.25, -0.2) is 4.39 Å². The van der Waals surface area contributed by atoms with E-state index < -0.39 is 0 Å². The van der Waals surface area contributed by atoms with Crippen molar-refractivity contribution < 1.29 is 23.4 Å². The van der Waals surface area contributed by atoms with Crippen LogP contribution in [0.5, 0.6) is 11.5 Å². The Morgan fingerprint density at radius 3 is 2.52 bits per heavy atom.